The normalized spacial score (nSPS) is 13.6. The molecule has 2 heterocycles. The van der Waals surface area contributed by atoms with Gasteiger partial charge >= 0.3 is 0 Å². The van der Waals surface area contributed by atoms with Gasteiger partial charge in [0.2, 0.25) is 5.91 Å². The number of carbonyl (C=O) groups excluding carboxylic acids is 1. The predicted molar refractivity (Wildman–Crippen MR) is 99.1 cm³/mol. The van der Waals surface area contributed by atoms with E-state index in [0.717, 1.165) is 22.2 Å². The van der Waals surface area contributed by atoms with Crippen LogP contribution in [0.4, 0.5) is 5.82 Å². The Balaban J connectivity index is 1.50. The van der Waals surface area contributed by atoms with Crippen LogP contribution in [0.2, 0.25) is 0 Å². The number of rotatable bonds is 6. The molecule has 0 aliphatic heterocycles. The molecule has 4 rings (SSSR count). The molecule has 5 nitrogen and oxygen atoms in total. The highest BCUT2D eigenvalue weighted by Crippen LogP contribution is 2.40. The number of anilines is 1. The van der Waals surface area contributed by atoms with E-state index in [1.165, 1.54) is 24.6 Å². The van der Waals surface area contributed by atoms with Crippen LogP contribution in [0.15, 0.2) is 65.8 Å². The lowest BCUT2D eigenvalue weighted by Crippen LogP contribution is -2.17. The minimum absolute atomic E-state index is 0.0601. The molecule has 1 aliphatic carbocycles. The van der Waals surface area contributed by atoms with Crippen LogP contribution in [0.1, 0.15) is 24.5 Å². The Kier molecular flexibility index (Phi) is 4.52. The minimum Gasteiger partial charge on any atom is -0.310 e. The SMILES string of the molecule is O=C(CSc1ccccn1)Nc1cc(C2CC2)nn1-c1ccccc1. The Morgan fingerprint density at radius 2 is 1.96 bits per heavy atom. The number of nitrogens with zero attached hydrogens (tertiary/aromatic N) is 3. The second-order valence-electron chi connectivity index (χ2n) is 5.98. The fourth-order valence-corrected chi connectivity index (χ4v) is 3.25. The van der Waals surface area contributed by atoms with E-state index in [0.29, 0.717) is 11.7 Å². The number of nitrogens with one attached hydrogen (secondary N) is 1. The van der Waals surface area contributed by atoms with E-state index >= 15 is 0 Å². The molecule has 0 radical (unpaired) electrons. The summed E-state index contributed by atoms with van der Waals surface area (Å²) < 4.78 is 1.82. The zero-order chi connectivity index (χ0) is 17.1. The average molecular weight is 350 g/mol. The molecule has 6 heteroatoms. The van der Waals surface area contributed by atoms with E-state index < -0.39 is 0 Å². The molecule has 1 fully saturated rings. The zero-order valence-corrected chi connectivity index (χ0v) is 14.4. The van der Waals surface area contributed by atoms with Gasteiger partial charge in [-0.25, -0.2) is 9.67 Å². The molecule has 0 bridgehead atoms. The number of thioether (sulfide) groups is 1. The highest BCUT2D eigenvalue weighted by Gasteiger charge is 2.28. The van der Waals surface area contributed by atoms with Crippen molar-refractivity contribution in [2.45, 2.75) is 23.8 Å². The number of amides is 1. The summed E-state index contributed by atoms with van der Waals surface area (Å²) in [6, 6.07) is 17.6. The molecule has 0 saturated heterocycles. The first-order valence-corrected chi connectivity index (χ1v) is 9.27. The maximum atomic E-state index is 12.4. The quantitative estimate of drug-likeness (QED) is 0.686. The fourth-order valence-electron chi connectivity index (χ4n) is 2.58. The van der Waals surface area contributed by atoms with Gasteiger partial charge in [-0.05, 0) is 37.1 Å². The maximum absolute atomic E-state index is 12.4. The van der Waals surface area contributed by atoms with E-state index in [2.05, 4.69) is 10.3 Å². The summed E-state index contributed by atoms with van der Waals surface area (Å²) in [4.78, 5) is 16.6. The number of para-hydroxylation sites is 1. The van der Waals surface area contributed by atoms with Crippen molar-refractivity contribution in [1.82, 2.24) is 14.8 Å². The first kappa shape index (κ1) is 15.9. The highest BCUT2D eigenvalue weighted by atomic mass is 32.2. The second kappa shape index (κ2) is 7.11. The first-order valence-electron chi connectivity index (χ1n) is 8.28. The third kappa shape index (κ3) is 3.91. The van der Waals surface area contributed by atoms with Gasteiger partial charge in [-0.15, -0.1) is 0 Å². The Morgan fingerprint density at radius 1 is 1.16 bits per heavy atom. The van der Waals surface area contributed by atoms with Gasteiger partial charge in [0.05, 0.1) is 22.2 Å². The van der Waals surface area contributed by atoms with Gasteiger partial charge in [0.25, 0.3) is 0 Å². The van der Waals surface area contributed by atoms with E-state index in [1.807, 2.05) is 59.3 Å². The first-order chi connectivity index (χ1) is 12.3. The summed E-state index contributed by atoms with van der Waals surface area (Å²) in [6.07, 6.45) is 4.08. The summed E-state index contributed by atoms with van der Waals surface area (Å²) >= 11 is 1.42. The van der Waals surface area contributed by atoms with Gasteiger partial charge in [-0.3, -0.25) is 4.79 Å². The molecule has 3 aromatic rings. The van der Waals surface area contributed by atoms with Crippen LogP contribution in [0, 0.1) is 0 Å². The number of aromatic nitrogens is 3. The summed E-state index contributed by atoms with van der Waals surface area (Å²) in [5.41, 5.74) is 2.00. The van der Waals surface area contributed by atoms with Crippen molar-refractivity contribution in [2.75, 3.05) is 11.1 Å². The molecule has 1 aliphatic rings. The van der Waals surface area contributed by atoms with Crippen molar-refractivity contribution in [3.63, 3.8) is 0 Å². The Hall–Kier alpha value is -2.60. The van der Waals surface area contributed by atoms with Gasteiger partial charge in [-0.1, -0.05) is 36.0 Å². The van der Waals surface area contributed by atoms with Crippen LogP contribution in [0.25, 0.3) is 5.69 Å². The monoisotopic (exact) mass is 350 g/mol. The predicted octanol–water partition coefficient (Wildman–Crippen LogP) is 3.88. The molecule has 1 amide bonds. The fraction of sp³-hybridized carbons (Fsp3) is 0.211. The van der Waals surface area contributed by atoms with Gasteiger partial charge < -0.3 is 5.32 Å². The Morgan fingerprint density at radius 3 is 2.68 bits per heavy atom. The minimum atomic E-state index is -0.0601. The molecule has 1 N–H and O–H groups in total. The van der Waals surface area contributed by atoms with Crippen LogP contribution in [0.3, 0.4) is 0 Å². The van der Waals surface area contributed by atoms with Gasteiger partial charge in [0.1, 0.15) is 5.82 Å². The number of hydrogen-bond donors (Lipinski definition) is 1. The largest absolute Gasteiger partial charge is 0.310 e. The lowest BCUT2D eigenvalue weighted by Gasteiger charge is -2.08. The van der Waals surface area contributed by atoms with E-state index in [9.17, 15) is 4.79 Å². The molecule has 25 heavy (non-hydrogen) atoms. The molecule has 0 atom stereocenters. The Bertz CT molecular complexity index is 860. The highest BCUT2D eigenvalue weighted by molar-refractivity contribution is 7.99. The zero-order valence-electron chi connectivity index (χ0n) is 13.6. The van der Waals surface area contributed by atoms with E-state index in [4.69, 9.17) is 5.10 Å². The third-order valence-corrected chi connectivity index (χ3v) is 4.92. The molecule has 1 aromatic carbocycles. The maximum Gasteiger partial charge on any atom is 0.235 e. The van der Waals surface area contributed by atoms with Gasteiger partial charge in [-0.2, -0.15) is 5.10 Å². The van der Waals surface area contributed by atoms with Crippen molar-refractivity contribution in [2.24, 2.45) is 0 Å². The van der Waals surface area contributed by atoms with Crippen LogP contribution < -0.4 is 5.32 Å². The van der Waals surface area contributed by atoms with E-state index in [-0.39, 0.29) is 5.91 Å². The van der Waals surface area contributed by atoms with Crippen molar-refractivity contribution >= 4 is 23.5 Å². The molecular weight excluding hydrogens is 332 g/mol. The molecule has 1 saturated carbocycles. The number of benzene rings is 1. The number of hydrogen-bond acceptors (Lipinski definition) is 4. The van der Waals surface area contributed by atoms with Crippen molar-refractivity contribution in [1.29, 1.82) is 0 Å². The molecule has 0 unspecified atom stereocenters. The summed E-state index contributed by atoms with van der Waals surface area (Å²) in [6.45, 7) is 0. The van der Waals surface area contributed by atoms with Gasteiger partial charge in [0.15, 0.2) is 0 Å². The van der Waals surface area contributed by atoms with Crippen LogP contribution >= 0.6 is 11.8 Å². The van der Waals surface area contributed by atoms with E-state index in [1.54, 1.807) is 6.20 Å². The van der Waals surface area contributed by atoms with Crippen molar-refractivity contribution in [3.8, 4) is 5.69 Å². The lowest BCUT2D eigenvalue weighted by atomic mass is 10.3. The van der Waals surface area contributed by atoms with Crippen LogP contribution in [-0.4, -0.2) is 26.4 Å². The third-order valence-electron chi connectivity index (χ3n) is 3.98. The van der Waals surface area contributed by atoms with Gasteiger partial charge in [0, 0.05) is 18.2 Å². The molecule has 126 valence electrons. The van der Waals surface area contributed by atoms with Crippen LogP contribution in [0.5, 0.6) is 0 Å². The number of pyridine rings is 1. The van der Waals surface area contributed by atoms with Crippen LogP contribution in [-0.2, 0) is 4.79 Å². The lowest BCUT2D eigenvalue weighted by molar-refractivity contribution is -0.113. The average Bonchev–Trinajstić information content (AvgIpc) is 3.43. The van der Waals surface area contributed by atoms with Crippen molar-refractivity contribution < 1.29 is 4.79 Å². The smallest absolute Gasteiger partial charge is 0.235 e. The standard InChI is InChI=1S/C19H18N4OS/c24-18(13-25-19-8-4-5-11-20-19)21-17-12-16(14-9-10-14)22-23(17)15-6-2-1-3-7-15/h1-8,11-12,14H,9-10,13H2,(H,21,24). The van der Waals surface area contributed by atoms with Crippen molar-refractivity contribution in [3.05, 3.63) is 66.5 Å². The summed E-state index contributed by atoms with van der Waals surface area (Å²) in [7, 11) is 0. The Labute approximate surface area is 150 Å². The summed E-state index contributed by atoms with van der Waals surface area (Å²) in [5.74, 6) is 1.51. The second-order valence-corrected chi connectivity index (χ2v) is 6.98. The molecule has 0 spiro atoms. The molecular formula is C19H18N4OS. The summed E-state index contributed by atoms with van der Waals surface area (Å²) in [5, 5.41) is 8.53. The molecule has 2 aromatic heterocycles. The number of carbonyl (C=O) groups is 1. The topological polar surface area (TPSA) is 59.8 Å².